The third kappa shape index (κ3) is 4.23. The van der Waals surface area contributed by atoms with Crippen LogP contribution in [-0.2, 0) is 4.79 Å². The van der Waals surface area contributed by atoms with Crippen LogP contribution in [0.3, 0.4) is 0 Å². The molecule has 3 heterocycles. The third-order valence-corrected chi connectivity index (χ3v) is 7.57. The van der Waals surface area contributed by atoms with Crippen molar-refractivity contribution in [1.29, 1.82) is 0 Å². The number of aromatic nitrogens is 1. The number of rotatable bonds is 7. The van der Waals surface area contributed by atoms with Gasteiger partial charge >= 0.3 is 0 Å². The second kappa shape index (κ2) is 9.43. The molecular formula is C27H27N3O3S. The normalized spacial score (nSPS) is 13.7. The van der Waals surface area contributed by atoms with Gasteiger partial charge in [0.25, 0.3) is 5.91 Å². The van der Waals surface area contributed by atoms with Gasteiger partial charge in [-0.15, -0.1) is 11.3 Å². The second-order valence-electron chi connectivity index (χ2n) is 8.65. The minimum absolute atomic E-state index is 0.0967. The Morgan fingerprint density at radius 2 is 2.00 bits per heavy atom. The highest BCUT2D eigenvalue weighted by molar-refractivity contribution is 7.22. The average molecular weight is 474 g/mol. The van der Waals surface area contributed by atoms with Gasteiger partial charge in [0.1, 0.15) is 10.6 Å². The van der Waals surface area contributed by atoms with E-state index in [1.54, 1.807) is 7.11 Å². The van der Waals surface area contributed by atoms with Crippen LogP contribution < -0.4 is 10.1 Å². The summed E-state index contributed by atoms with van der Waals surface area (Å²) in [6.07, 6.45) is 4.18. The Labute approximate surface area is 202 Å². The van der Waals surface area contributed by atoms with Gasteiger partial charge in [0.15, 0.2) is 0 Å². The molecule has 2 aromatic heterocycles. The van der Waals surface area contributed by atoms with Crippen molar-refractivity contribution in [3.63, 3.8) is 0 Å². The van der Waals surface area contributed by atoms with Crippen molar-refractivity contribution < 1.29 is 14.3 Å². The molecule has 0 unspecified atom stereocenters. The van der Waals surface area contributed by atoms with Crippen LogP contribution in [-0.4, -0.2) is 48.4 Å². The summed E-state index contributed by atoms with van der Waals surface area (Å²) < 4.78 is 6.46. The molecule has 0 saturated carbocycles. The Morgan fingerprint density at radius 3 is 2.74 bits per heavy atom. The predicted octanol–water partition coefficient (Wildman–Crippen LogP) is 5.18. The number of carbonyl (C=O) groups is 2. The lowest BCUT2D eigenvalue weighted by Crippen LogP contribution is -2.30. The third-order valence-electron chi connectivity index (χ3n) is 6.33. The van der Waals surface area contributed by atoms with Crippen LogP contribution in [0.15, 0.2) is 48.7 Å². The predicted molar refractivity (Wildman–Crippen MR) is 137 cm³/mol. The van der Waals surface area contributed by atoms with Gasteiger partial charge in [-0.1, -0.05) is 29.8 Å². The second-order valence-corrected chi connectivity index (χ2v) is 9.67. The van der Waals surface area contributed by atoms with E-state index in [2.05, 4.69) is 41.5 Å². The van der Waals surface area contributed by atoms with Crippen molar-refractivity contribution in [2.45, 2.75) is 26.2 Å². The maximum absolute atomic E-state index is 13.4. The molecule has 5 rings (SSSR count). The summed E-state index contributed by atoms with van der Waals surface area (Å²) in [5.41, 5.74) is 3.93. The zero-order valence-electron chi connectivity index (χ0n) is 19.4. The highest BCUT2D eigenvalue weighted by atomic mass is 32.1. The Morgan fingerprint density at radius 1 is 1.18 bits per heavy atom. The monoisotopic (exact) mass is 473 g/mol. The number of ether oxygens (including phenoxy) is 1. The molecule has 0 atom stereocenters. The SMILES string of the molecule is COc1ccc2ncc3c(-c4ccc(C)cc4)c(C(=O)NCCCN4CCCC4=O)sc3c2c1. The molecule has 6 nitrogen and oxygen atoms in total. The maximum Gasteiger partial charge on any atom is 0.262 e. The highest BCUT2D eigenvalue weighted by Crippen LogP contribution is 2.42. The summed E-state index contributed by atoms with van der Waals surface area (Å²) >= 11 is 1.49. The van der Waals surface area contributed by atoms with E-state index >= 15 is 0 Å². The quantitative estimate of drug-likeness (QED) is 0.376. The number of hydrogen-bond acceptors (Lipinski definition) is 5. The van der Waals surface area contributed by atoms with E-state index in [-0.39, 0.29) is 11.8 Å². The largest absolute Gasteiger partial charge is 0.497 e. The Balaban J connectivity index is 1.50. The lowest BCUT2D eigenvalue weighted by Gasteiger charge is -2.15. The van der Waals surface area contributed by atoms with E-state index in [0.717, 1.165) is 57.3 Å². The van der Waals surface area contributed by atoms with E-state index < -0.39 is 0 Å². The van der Waals surface area contributed by atoms with Crippen molar-refractivity contribution in [2.75, 3.05) is 26.7 Å². The Bertz CT molecular complexity index is 1380. The number of likely N-dealkylation sites (tertiary alicyclic amines) is 1. The number of fused-ring (bicyclic) bond motifs is 3. The summed E-state index contributed by atoms with van der Waals surface area (Å²) in [6, 6.07) is 14.1. The van der Waals surface area contributed by atoms with Crippen molar-refractivity contribution in [2.24, 2.45) is 0 Å². The molecule has 0 bridgehead atoms. The van der Waals surface area contributed by atoms with Gasteiger partial charge < -0.3 is 15.0 Å². The van der Waals surface area contributed by atoms with Gasteiger partial charge in [-0.05, 0) is 43.5 Å². The number of carbonyl (C=O) groups excluding carboxylic acids is 2. The van der Waals surface area contributed by atoms with E-state index in [9.17, 15) is 9.59 Å². The summed E-state index contributed by atoms with van der Waals surface area (Å²) in [6.45, 7) is 4.08. The van der Waals surface area contributed by atoms with Crippen LogP contribution in [0.1, 0.15) is 34.5 Å². The summed E-state index contributed by atoms with van der Waals surface area (Å²) in [7, 11) is 1.65. The minimum Gasteiger partial charge on any atom is -0.497 e. The number of amides is 2. The number of pyridine rings is 1. The topological polar surface area (TPSA) is 71.5 Å². The fourth-order valence-electron chi connectivity index (χ4n) is 4.50. The molecule has 1 aliphatic rings. The molecule has 2 aromatic carbocycles. The minimum atomic E-state index is -0.0967. The highest BCUT2D eigenvalue weighted by Gasteiger charge is 2.22. The van der Waals surface area contributed by atoms with E-state index in [0.29, 0.717) is 24.4 Å². The van der Waals surface area contributed by atoms with Crippen LogP contribution in [0, 0.1) is 6.92 Å². The number of benzene rings is 2. The van der Waals surface area contributed by atoms with Gasteiger partial charge in [-0.3, -0.25) is 14.6 Å². The van der Waals surface area contributed by atoms with E-state index in [4.69, 9.17) is 4.74 Å². The maximum atomic E-state index is 13.4. The molecule has 0 spiro atoms. The lowest BCUT2D eigenvalue weighted by molar-refractivity contribution is -0.127. The first kappa shape index (κ1) is 22.3. The number of hydrogen-bond donors (Lipinski definition) is 1. The molecule has 2 amide bonds. The number of nitrogens with zero attached hydrogens (tertiary/aromatic N) is 2. The van der Waals surface area contributed by atoms with Crippen molar-refractivity contribution in [3.8, 4) is 16.9 Å². The van der Waals surface area contributed by atoms with Gasteiger partial charge in [0.2, 0.25) is 5.91 Å². The van der Waals surface area contributed by atoms with Gasteiger partial charge in [0, 0.05) is 53.3 Å². The first-order valence-electron chi connectivity index (χ1n) is 11.6. The molecule has 34 heavy (non-hydrogen) atoms. The Hall–Kier alpha value is -3.45. The number of methoxy groups -OCH3 is 1. The van der Waals surface area contributed by atoms with Crippen LogP contribution in [0.25, 0.3) is 32.1 Å². The van der Waals surface area contributed by atoms with Crippen LogP contribution >= 0.6 is 11.3 Å². The smallest absolute Gasteiger partial charge is 0.262 e. The van der Waals surface area contributed by atoms with Gasteiger partial charge in [0.05, 0.1) is 12.6 Å². The molecule has 1 fully saturated rings. The zero-order valence-corrected chi connectivity index (χ0v) is 20.2. The van der Waals surface area contributed by atoms with Crippen molar-refractivity contribution >= 4 is 44.1 Å². The number of aryl methyl sites for hydroxylation is 1. The molecule has 1 saturated heterocycles. The van der Waals surface area contributed by atoms with Crippen LogP contribution in [0.4, 0.5) is 0 Å². The summed E-state index contributed by atoms with van der Waals surface area (Å²) in [4.78, 5) is 32.4. The molecule has 1 aliphatic heterocycles. The summed E-state index contributed by atoms with van der Waals surface area (Å²) in [5.74, 6) is 0.877. The molecule has 4 aromatic rings. The molecule has 7 heteroatoms. The van der Waals surface area contributed by atoms with Gasteiger partial charge in [-0.2, -0.15) is 0 Å². The van der Waals surface area contributed by atoms with Crippen LogP contribution in [0.5, 0.6) is 5.75 Å². The fourth-order valence-corrected chi connectivity index (χ4v) is 5.73. The van der Waals surface area contributed by atoms with Crippen molar-refractivity contribution in [3.05, 3.63) is 59.1 Å². The van der Waals surface area contributed by atoms with E-state index in [1.165, 1.54) is 16.9 Å². The first-order chi connectivity index (χ1) is 16.5. The van der Waals surface area contributed by atoms with Crippen LogP contribution in [0.2, 0.25) is 0 Å². The van der Waals surface area contributed by atoms with Crippen molar-refractivity contribution in [1.82, 2.24) is 15.2 Å². The number of nitrogens with one attached hydrogen (secondary N) is 1. The average Bonchev–Trinajstić information content (AvgIpc) is 3.45. The fraction of sp³-hybridized carbons (Fsp3) is 0.296. The molecule has 0 aliphatic carbocycles. The molecule has 1 N–H and O–H groups in total. The molecule has 174 valence electrons. The molecule has 0 radical (unpaired) electrons. The summed E-state index contributed by atoms with van der Waals surface area (Å²) in [5, 5.41) is 5.01. The zero-order chi connectivity index (χ0) is 23.7. The van der Waals surface area contributed by atoms with E-state index in [1.807, 2.05) is 29.3 Å². The standard InChI is InChI=1S/C27H27N3O3S/c1-17-6-8-18(9-7-17)24-21-16-29-22-11-10-19(33-2)15-20(22)25(21)34-26(24)27(32)28-12-4-14-30-13-3-5-23(30)31/h6-11,15-16H,3-5,12-14H2,1-2H3,(H,28,32). The molecular weight excluding hydrogens is 446 g/mol. The van der Waals surface area contributed by atoms with Gasteiger partial charge in [-0.25, -0.2) is 0 Å². The lowest BCUT2D eigenvalue weighted by atomic mass is 10.0. The number of thiophene rings is 1. The Kier molecular flexibility index (Phi) is 6.20. The first-order valence-corrected chi connectivity index (χ1v) is 12.4.